The highest BCUT2D eigenvalue weighted by molar-refractivity contribution is 6.05. The molecule has 1 atom stereocenters. The molecule has 1 unspecified atom stereocenters. The number of hydrogen-bond acceptors (Lipinski definition) is 3. The largest absolute Gasteiger partial charge is 0.310 e. The zero-order chi connectivity index (χ0) is 14.8. The van der Waals surface area contributed by atoms with E-state index in [2.05, 4.69) is 24.1 Å². The van der Waals surface area contributed by atoms with E-state index in [-0.39, 0.29) is 11.9 Å². The molecule has 1 amide bonds. The van der Waals surface area contributed by atoms with Gasteiger partial charge in [-0.1, -0.05) is 19.9 Å². The molecule has 110 valence electrons. The van der Waals surface area contributed by atoms with Crippen LogP contribution in [0.5, 0.6) is 0 Å². The van der Waals surface area contributed by atoms with Gasteiger partial charge in [-0.05, 0) is 37.1 Å². The van der Waals surface area contributed by atoms with E-state index >= 15 is 0 Å². The van der Waals surface area contributed by atoms with Gasteiger partial charge in [0.1, 0.15) is 0 Å². The van der Waals surface area contributed by atoms with Crippen LogP contribution in [0.3, 0.4) is 0 Å². The summed E-state index contributed by atoms with van der Waals surface area (Å²) in [6, 6.07) is 10.2. The molecule has 4 heteroatoms. The summed E-state index contributed by atoms with van der Waals surface area (Å²) in [5.74, 6) is 0.173. The molecule has 1 aromatic carbocycles. The highest BCUT2D eigenvalue weighted by Crippen LogP contribution is 2.28. The van der Waals surface area contributed by atoms with Gasteiger partial charge < -0.3 is 10.2 Å². The highest BCUT2D eigenvalue weighted by Gasteiger charge is 2.30. The van der Waals surface area contributed by atoms with Crippen LogP contribution in [0.15, 0.2) is 36.5 Å². The summed E-state index contributed by atoms with van der Waals surface area (Å²) in [7, 11) is 0. The number of pyridine rings is 1. The molecule has 21 heavy (non-hydrogen) atoms. The van der Waals surface area contributed by atoms with Gasteiger partial charge in [0, 0.05) is 24.2 Å². The van der Waals surface area contributed by atoms with Crippen LogP contribution in [-0.4, -0.2) is 29.5 Å². The SMILES string of the molecule is CC(C)NC1CCCN(c2cccc3ncccc23)C1=O. The fourth-order valence-corrected chi connectivity index (χ4v) is 2.99. The molecule has 1 fully saturated rings. The molecule has 2 aromatic rings. The predicted octanol–water partition coefficient (Wildman–Crippen LogP) is 2.73. The molecular formula is C17H21N3O. The second-order valence-electron chi connectivity index (χ2n) is 5.85. The van der Waals surface area contributed by atoms with Crippen LogP contribution in [0.1, 0.15) is 26.7 Å². The predicted molar refractivity (Wildman–Crippen MR) is 85.4 cm³/mol. The molecule has 0 bridgehead atoms. The minimum Gasteiger partial charge on any atom is -0.310 e. The number of aromatic nitrogens is 1. The Bertz CT molecular complexity index is 648. The zero-order valence-electron chi connectivity index (χ0n) is 12.5. The molecular weight excluding hydrogens is 262 g/mol. The lowest BCUT2D eigenvalue weighted by molar-refractivity contribution is -0.121. The van der Waals surface area contributed by atoms with E-state index in [1.54, 1.807) is 6.20 Å². The quantitative estimate of drug-likeness (QED) is 0.942. The molecule has 1 aliphatic rings. The summed E-state index contributed by atoms with van der Waals surface area (Å²) in [4.78, 5) is 19.0. The Balaban J connectivity index is 1.96. The number of carbonyl (C=O) groups is 1. The number of rotatable bonds is 3. The number of fused-ring (bicyclic) bond motifs is 1. The topological polar surface area (TPSA) is 45.2 Å². The maximum Gasteiger partial charge on any atom is 0.244 e. The molecule has 2 heterocycles. The first-order valence-corrected chi connectivity index (χ1v) is 7.58. The number of hydrogen-bond donors (Lipinski definition) is 1. The fraction of sp³-hybridized carbons (Fsp3) is 0.412. The van der Waals surface area contributed by atoms with Gasteiger partial charge in [0.15, 0.2) is 0 Å². The van der Waals surface area contributed by atoms with Crippen molar-refractivity contribution in [1.82, 2.24) is 10.3 Å². The average Bonchev–Trinajstić information content (AvgIpc) is 2.49. The van der Waals surface area contributed by atoms with E-state index in [4.69, 9.17) is 0 Å². The van der Waals surface area contributed by atoms with Crippen LogP contribution in [0, 0.1) is 0 Å². The second kappa shape index (κ2) is 5.82. The molecule has 0 radical (unpaired) electrons. The number of amides is 1. The smallest absolute Gasteiger partial charge is 0.244 e. The molecule has 1 saturated heterocycles. The Morgan fingerprint density at radius 3 is 2.95 bits per heavy atom. The summed E-state index contributed by atoms with van der Waals surface area (Å²) in [6.07, 6.45) is 3.72. The van der Waals surface area contributed by atoms with Crippen LogP contribution < -0.4 is 10.2 Å². The molecule has 0 saturated carbocycles. The zero-order valence-corrected chi connectivity index (χ0v) is 12.5. The van der Waals surface area contributed by atoms with Gasteiger partial charge in [0.05, 0.1) is 17.2 Å². The Morgan fingerprint density at radius 2 is 2.14 bits per heavy atom. The van der Waals surface area contributed by atoms with Crippen molar-refractivity contribution >= 4 is 22.5 Å². The van der Waals surface area contributed by atoms with Crippen molar-refractivity contribution in [3.05, 3.63) is 36.5 Å². The van der Waals surface area contributed by atoms with Crippen LogP contribution >= 0.6 is 0 Å². The number of nitrogens with one attached hydrogen (secondary N) is 1. The van der Waals surface area contributed by atoms with Crippen molar-refractivity contribution < 1.29 is 4.79 Å². The van der Waals surface area contributed by atoms with E-state index in [9.17, 15) is 4.79 Å². The Kier molecular flexibility index (Phi) is 3.88. The third kappa shape index (κ3) is 2.76. The lowest BCUT2D eigenvalue weighted by atomic mass is 10.0. The molecule has 1 N–H and O–H groups in total. The van der Waals surface area contributed by atoms with Gasteiger partial charge >= 0.3 is 0 Å². The van der Waals surface area contributed by atoms with Crippen molar-refractivity contribution in [2.45, 2.75) is 38.8 Å². The van der Waals surface area contributed by atoms with Crippen molar-refractivity contribution in [2.75, 3.05) is 11.4 Å². The average molecular weight is 283 g/mol. The molecule has 0 aliphatic carbocycles. The summed E-state index contributed by atoms with van der Waals surface area (Å²) >= 11 is 0. The number of benzene rings is 1. The monoisotopic (exact) mass is 283 g/mol. The number of piperidine rings is 1. The van der Waals surface area contributed by atoms with E-state index in [1.165, 1.54) is 0 Å². The second-order valence-corrected chi connectivity index (χ2v) is 5.85. The molecule has 1 aromatic heterocycles. The number of anilines is 1. The van der Waals surface area contributed by atoms with Crippen molar-refractivity contribution in [3.8, 4) is 0 Å². The summed E-state index contributed by atoms with van der Waals surface area (Å²) < 4.78 is 0. The van der Waals surface area contributed by atoms with Crippen molar-refractivity contribution in [2.24, 2.45) is 0 Å². The van der Waals surface area contributed by atoms with Crippen LogP contribution in [-0.2, 0) is 4.79 Å². The summed E-state index contributed by atoms with van der Waals surface area (Å²) in [5.41, 5.74) is 1.91. The summed E-state index contributed by atoms with van der Waals surface area (Å²) in [6.45, 7) is 4.94. The van der Waals surface area contributed by atoms with E-state index < -0.39 is 0 Å². The maximum absolute atomic E-state index is 12.7. The lowest BCUT2D eigenvalue weighted by Crippen LogP contribution is -2.52. The van der Waals surface area contributed by atoms with Crippen molar-refractivity contribution in [3.63, 3.8) is 0 Å². The first-order valence-electron chi connectivity index (χ1n) is 7.58. The maximum atomic E-state index is 12.7. The first kappa shape index (κ1) is 14.0. The van der Waals surface area contributed by atoms with Gasteiger partial charge in [0.2, 0.25) is 5.91 Å². The fourth-order valence-electron chi connectivity index (χ4n) is 2.99. The Hall–Kier alpha value is -1.94. The minimum absolute atomic E-state index is 0.0781. The van der Waals surface area contributed by atoms with Gasteiger partial charge in [-0.25, -0.2) is 0 Å². The number of nitrogens with zero attached hydrogens (tertiary/aromatic N) is 2. The Labute approximate surface area is 125 Å². The highest BCUT2D eigenvalue weighted by atomic mass is 16.2. The standard InChI is InChI=1S/C17H21N3O/c1-12(2)19-15-8-5-11-20(17(15)21)16-9-3-7-14-13(16)6-4-10-18-14/h3-4,6-7,9-10,12,15,19H,5,8,11H2,1-2H3. The van der Waals surface area contributed by atoms with E-state index in [0.717, 1.165) is 36.0 Å². The van der Waals surface area contributed by atoms with Gasteiger partial charge in [-0.2, -0.15) is 0 Å². The van der Waals surface area contributed by atoms with E-state index in [0.29, 0.717) is 6.04 Å². The summed E-state index contributed by atoms with van der Waals surface area (Å²) in [5, 5.41) is 4.41. The Morgan fingerprint density at radius 1 is 1.29 bits per heavy atom. The normalized spacial score (nSPS) is 19.5. The van der Waals surface area contributed by atoms with E-state index in [1.807, 2.05) is 35.2 Å². The lowest BCUT2D eigenvalue weighted by Gasteiger charge is -2.34. The molecule has 1 aliphatic heterocycles. The minimum atomic E-state index is -0.0781. The van der Waals surface area contributed by atoms with Gasteiger partial charge in [-0.15, -0.1) is 0 Å². The first-order chi connectivity index (χ1) is 10.2. The van der Waals surface area contributed by atoms with Crippen LogP contribution in [0.4, 0.5) is 5.69 Å². The van der Waals surface area contributed by atoms with Crippen LogP contribution in [0.2, 0.25) is 0 Å². The van der Waals surface area contributed by atoms with Gasteiger partial charge in [0.25, 0.3) is 0 Å². The third-order valence-electron chi connectivity index (χ3n) is 3.89. The molecule has 4 nitrogen and oxygen atoms in total. The van der Waals surface area contributed by atoms with Crippen molar-refractivity contribution in [1.29, 1.82) is 0 Å². The third-order valence-corrected chi connectivity index (χ3v) is 3.89. The van der Waals surface area contributed by atoms with Gasteiger partial charge in [-0.3, -0.25) is 9.78 Å². The van der Waals surface area contributed by atoms with Crippen LogP contribution in [0.25, 0.3) is 10.9 Å². The molecule has 0 spiro atoms. The molecule has 3 rings (SSSR count). The number of carbonyl (C=O) groups excluding carboxylic acids is 1.